The molecule has 1 aromatic rings. The molecule has 0 radical (unpaired) electrons. The first-order valence-corrected chi connectivity index (χ1v) is 6.33. The maximum atomic E-state index is 11.3. The molecule has 3 nitrogen and oxygen atoms in total. The molecule has 0 fully saturated rings. The molecule has 0 atom stereocenters. The average molecular weight is 299 g/mol. The van der Waals surface area contributed by atoms with Crippen LogP contribution in [0.4, 0.5) is 0 Å². The van der Waals surface area contributed by atoms with Crippen LogP contribution in [0.25, 0.3) is 0 Å². The van der Waals surface area contributed by atoms with Gasteiger partial charge in [0.05, 0.1) is 13.0 Å². The van der Waals surface area contributed by atoms with Crippen molar-refractivity contribution in [2.45, 2.75) is 26.2 Å². The van der Waals surface area contributed by atoms with Gasteiger partial charge < -0.3 is 9.53 Å². The van der Waals surface area contributed by atoms with E-state index in [4.69, 9.17) is 4.74 Å². The summed E-state index contributed by atoms with van der Waals surface area (Å²) in [7, 11) is 0. The summed E-state index contributed by atoms with van der Waals surface area (Å²) in [5.74, 6) is -0.222. The number of rotatable bonds is 6. The number of ether oxygens (including phenoxy) is 1. The van der Waals surface area contributed by atoms with Crippen molar-refractivity contribution >= 4 is 28.2 Å². The summed E-state index contributed by atoms with van der Waals surface area (Å²) >= 11 is 3.44. The van der Waals surface area contributed by atoms with Crippen molar-refractivity contribution in [2.75, 3.05) is 6.61 Å². The number of benzene rings is 1. The molecular formula is C13H15BrO3. The van der Waals surface area contributed by atoms with Crippen LogP contribution in [0.1, 0.15) is 24.5 Å². The van der Waals surface area contributed by atoms with Crippen molar-refractivity contribution in [3.63, 3.8) is 0 Å². The van der Waals surface area contributed by atoms with Gasteiger partial charge in [-0.2, -0.15) is 0 Å². The van der Waals surface area contributed by atoms with Crippen LogP contribution in [0.5, 0.6) is 0 Å². The van der Waals surface area contributed by atoms with E-state index >= 15 is 0 Å². The van der Waals surface area contributed by atoms with Crippen molar-refractivity contribution in [2.24, 2.45) is 0 Å². The van der Waals surface area contributed by atoms with Gasteiger partial charge in [0.15, 0.2) is 0 Å². The zero-order valence-corrected chi connectivity index (χ0v) is 11.3. The fourth-order valence-electron chi connectivity index (χ4n) is 1.50. The van der Waals surface area contributed by atoms with E-state index in [1.165, 1.54) is 0 Å². The molecule has 0 aliphatic rings. The first-order chi connectivity index (χ1) is 8.17. The molecule has 0 unspecified atom stereocenters. The third-order valence-electron chi connectivity index (χ3n) is 2.30. The summed E-state index contributed by atoms with van der Waals surface area (Å²) in [5.41, 5.74) is 1.98. The van der Waals surface area contributed by atoms with Crippen LogP contribution in [0, 0.1) is 0 Å². The second-order valence-electron chi connectivity index (χ2n) is 3.61. The maximum Gasteiger partial charge on any atom is 0.310 e. The highest BCUT2D eigenvalue weighted by Gasteiger charge is 2.06. The van der Waals surface area contributed by atoms with Crippen LogP contribution in [-0.2, 0) is 27.2 Å². The maximum absolute atomic E-state index is 11.3. The fourth-order valence-corrected chi connectivity index (χ4v) is 2.12. The summed E-state index contributed by atoms with van der Waals surface area (Å²) in [6, 6.07) is 5.72. The molecule has 0 bridgehead atoms. The molecule has 0 aliphatic carbocycles. The van der Waals surface area contributed by atoms with Gasteiger partial charge in [-0.25, -0.2) is 0 Å². The molecule has 1 aromatic carbocycles. The molecule has 4 heteroatoms. The summed E-state index contributed by atoms with van der Waals surface area (Å²) in [6.07, 6.45) is 2.40. The van der Waals surface area contributed by atoms with Gasteiger partial charge in [0.2, 0.25) is 0 Å². The number of hydrogen-bond donors (Lipinski definition) is 0. The number of aldehydes is 1. The molecule has 0 saturated heterocycles. The average Bonchev–Trinajstić information content (AvgIpc) is 2.28. The van der Waals surface area contributed by atoms with Crippen LogP contribution in [-0.4, -0.2) is 18.9 Å². The molecule has 0 aromatic heterocycles. The van der Waals surface area contributed by atoms with E-state index in [2.05, 4.69) is 15.9 Å². The van der Waals surface area contributed by atoms with Crippen LogP contribution in [0.3, 0.4) is 0 Å². The number of esters is 1. The van der Waals surface area contributed by atoms with E-state index in [0.717, 1.165) is 21.9 Å². The molecule has 0 spiro atoms. The van der Waals surface area contributed by atoms with Crippen molar-refractivity contribution in [3.8, 4) is 0 Å². The lowest BCUT2D eigenvalue weighted by Gasteiger charge is -2.06. The lowest BCUT2D eigenvalue weighted by Crippen LogP contribution is -2.07. The van der Waals surface area contributed by atoms with E-state index in [1.807, 2.05) is 18.2 Å². The molecule has 1 rings (SSSR count). The Bertz CT molecular complexity index is 402. The highest BCUT2D eigenvalue weighted by Crippen LogP contribution is 2.20. The van der Waals surface area contributed by atoms with E-state index < -0.39 is 0 Å². The Kier molecular flexibility index (Phi) is 5.91. The van der Waals surface area contributed by atoms with E-state index in [0.29, 0.717) is 19.4 Å². The van der Waals surface area contributed by atoms with Gasteiger partial charge in [0.25, 0.3) is 0 Å². The number of hydrogen-bond acceptors (Lipinski definition) is 3. The van der Waals surface area contributed by atoms with Gasteiger partial charge in [0.1, 0.15) is 6.29 Å². The predicted octanol–water partition coefficient (Wildman–Crippen LogP) is 2.69. The first kappa shape index (κ1) is 13.9. The SMILES string of the molecule is CCOC(=O)Cc1ccc(CCC=O)c(Br)c1. The minimum atomic E-state index is -0.222. The van der Waals surface area contributed by atoms with Gasteiger partial charge in [0, 0.05) is 10.9 Å². The largest absolute Gasteiger partial charge is 0.466 e. The third-order valence-corrected chi connectivity index (χ3v) is 3.04. The number of carbonyl (C=O) groups excluding carboxylic acids is 2. The minimum absolute atomic E-state index is 0.222. The number of carbonyl (C=O) groups is 2. The third kappa shape index (κ3) is 4.69. The molecule has 0 amide bonds. The highest BCUT2D eigenvalue weighted by atomic mass is 79.9. The van der Waals surface area contributed by atoms with Crippen molar-refractivity contribution in [3.05, 3.63) is 33.8 Å². The highest BCUT2D eigenvalue weighted by molar-refractivity contribution is 9.10. The quantitative estimate of drug-likeness (QED) is 0.599. The Morgan fingerprint density at radius 3 is 2.82 bits per heavy atom. The molecule has 17 heavy (non-hydrogen) atoms. The first-order valence-electron chi connectivity index (χ1n) is 5.54. The zero-order chi connectivity index (χ0) is 12.7. The Morgan fingerprint density at radius 1 is 1.47 bits per heavy atom. The smallest absolute Gasteiger partial charge is 0.310 e. The van der Waals surface area contributed by atoms with Gasteiger partial charge >= 0.3 is 5.97 Å². The Hall–Kier alpha value is -1.16. The minimum Gasteiger partial charge on any atom is -0.466 e. The van der Waals surface area contributed by atoms with Crippen LogP contribution < -0.4 is 0 Å². The van der Waals surface area contributed by atoms with Crippen molar-refractivity contribution in [1.82, 2.24) is 0 Å². The summed E-state index contributed by atoms with van der Waals surface area (Å²) in [4.78, 5) is 21.6. The van der Waals surface area contributed by atoms with Crippen LogP contribution in [0.2, 0.25) is 0 Å². The normalized spacial score (nSPS) is 10.0. The van der Waals surface area contributed by atoms with Gasteiger partial charge in [-0.3, -0.25) is 4.79 Å². The molecular weight excluding hydrogens is 284 g/mol. The second kappa shape index (κ2) is 7.22. The number of halogens is 1. The topological polar surface area (TPSA) is 43.4 Å². The van der Waals surface area contributed by atoms with Crippen molar-refractivity contribution < 1.29 is 14.3 Å². The number of aryl methyl sites for hydroxylation is 1. The second-order valence-corrected chi connectivity index (χ2v) is 4.47. The predicted molar refractivity (Wildman–Crippen MR) is 68.9 cm³/mol. The van der Waals surface area contributed by atoms with Crippen molar-refractivity contribution in [1.29, 1.82) is 0 Å². The van der Waals surface area contributed by atoms with Gasteiger partial charge in [-0.15, -0.1) is 0 Å². The van der Waals surface area contributed by atoms with Crippen LogP contribution in [0.15, 0.2) is 22.7 Å². The molecule has 0 N–H and O–H groups in total. The Labute approximate surface area is 109 Å². The Balaban J connectivity index is 2.67. The molecule has 0 saturated carbocycles. The van der Waals surface area contributed by atoms with E-state index in [-0.39, 0.29) is 12.4 Å². The standard InChI is InChI=1S/C13H15BrO3/c1-2-17-13(16)9-10-5-6-11(4-3-7-15)12(14)8-10/h5-8H,2-4,9H2,1H3. The summed E-state index contributed by atoms with van der Waals surface area (Å²) < 4.78 is 5.81. The van der Waals surface area contributed by atoms with Gasteiger partial charge in [-0.1, -0.05) is 28.1 Å². The van der Waals surface area contributed by atoms with E-state index in [1.54, 1.807) is 6.92 Å². The molecule has 0 heterocycles. The fraction of sp³-hybridized carbons (Fsp3) is 0.385. The zero-order valence-electron chi connectivity index (χ0n) is 9.74. The molecule has 92 valence electrons. The van der Waals surface area contributed by atoms with Gasteiger partial charge in [-0.05, 0) is 30.5 Å². The lowest BCUT2D eigenvalue weighted by molar-refractivity contribution is -0.142. The van der Waals surface area contributed by atoms with Crippen LogP contribution >= 0.6 is 15.9 Å². The van der Waals surface area contributed by atoms with E-state index in [9.17, 15) is 9.59 Å². The Morgan fingerprint density at radius 2 is 2.24 bits per heavy atom. The summed E-state index contributed by atoms with van der Waals surface area (Å²) in [6.45, 7) is 2.19. The summed E-state index contributed by atoms with van der Waals surface area (Å²) in [5, 5.41) is 0. The lowest BCUT2D eigenvalue weighted by atomic mass is 10.1. The molecule has 0 aliphatic heterocycles. The monoisotopic (exact) mass is 298 g/mol.